The van der Waals surface area contributed by atoms with Gasteiger partial charge in [-0.25, -0.2) is 9.07 Å². The molecule has 0 unspecified atom stereocenters. The van der Waals surface area contributed by atoms with Crippen molar-refractivity contribution in [2.45, 2.75) is 20.4 Å². The Kier molecular flexibility index (Phi) is 6.46. The maximum atomic E-state index is 13.2. The molecule has 8 heteroatoms. The molecule has 30 heavy (non-hydrogen) atoms. The van der Waals surface area contributed by atoms with Gasteiger partial charge in [-0.1, -0.05) is 0 Å². The highest BCUT2D eigenvalue weighted by Gasteiger charge is 2.25. The molecule has 2 saturated heterocycles. The number of nitrogens with zero attached hydrogens (tertiary/aromatic N) is 5. The fourth-order valence-corrected chi connectivity index (χ4v) is 4.17. The largest absolute Gasteiger partial charge is 0.379 e. The van der Waals surface area contributed by atoms with Gasteiger partial charge >= 0.3 is 0 Å². The number of hydrogen-bond acceptors (Lipinski definition) is 5. The first-order valence-corrected chi connectivity index (χ1v) is 10.6. The zero-order valence-electron chi connectivity index (χ0n) is 17.8. The summed E-state index contributed by atoms with van der Waals surface area (Å²) in [4.78, 5) is 19.1. The molecule has 0 spiro atoms. The fraction of sp³-hybridized carbons (Fsp3) is 0.545. The van der Waals surface area contributed by atoms with Crippen LogP contribution in [0.15, 0.2) is 24.3 Å². The fourth-order valence-electron chi connectivity index (χ4n) is 4.17. The van der Waals surface area contributed by atoms with Crippen molar-refractivity contribution < 1.29 is 13.9 Å². The zero-order chi connectivity index (χ0) is 21.1. The van der Waals surface area contributed by atoms with Crippen molar-refractivity contribution in [1.82, 2.24) is 24.5 Å². The van der Waals surface area contributed by atoms with E-state index in [9.17, 15) is 9.18 Å². The van der Waals surface area contributed by atoms with E-state index in [0.717, 1.165) is 62.9 Å². The Labute approximate surface area is 177 Å². The Hall–Kier alpha value is -2.29. The minimum Gasteiger partial charge on any atom is -0.379 e. The minimum atomic E-state index is -0.249. The maximum absolute atomic E-state index is 13.2. The molecule has 1 amide bonds. The Morgan fingerprint density at radius 3 is 2.33 bits per heavy atom. The van der Waals surface area contributed by atoms with Gasteiger partial charge in [-0.05, 0) is 38.1 Å². The SMILES string of the molecule is Cc1nn(-c2ccc(F)cc2)c(C)c1CN1CCN(C(=O)CN2CCOCC2)CC1. The molecule has 0 atom stereocenters. The van der Waals surface area contributed by atoms with Crippen LogP contribution in [0.2, 0.25) is 0 Å². The van der Waals surface area contributed by atoms with Gasteiger partial charge in [0.05, 0.1) is 31.1 Å². The summed E-state index contributed by atoms with van der Waals surface area (Å²) in [6, 6.07) is 6.41. The highest BCUT2D eigenvalue weighted by Crippen LogP contribution is 2.20. The number of halogens is 1. The predicted molar refractivity (Wildman–Crippen MR) is 112 cm³/mol. The number of piperazine rings is 1. The summed E-state index contributed by atoms with van der Waals surface area (Å²) in [5, 5.41) is 4.67. The van der Waals surface area contributed by atoms with Gasteiger partial charge < -0.3 is 9.64 Å². The van der Waals surface area contributed by atoms with Crippen molar-refractivity contribution in [2.24, 2.45) is 0 Å². The Morgan fingerprint density at radius 2 is 1.67 bits per heavy atom. The van der Waals surface area contributed by atoms with Crippen LogP contribution in [0.5, 0.6) is 0 Å². The molecule has 0 bridgehead atoms. The van der Waals surface area contributed by atoms with E-state index in [1.165, 1.54) is 17.7 Å². The van der Waals surface area contributed by atoms with E-state index < -0.39 is 0 Å². The number of ether oxygens (including phenoxy) is 1. The van der Waals surface area contributed by atoms with Crippen LogP contribution in [-0.2, 0) is 16.1 Å². The van der Waals surface area contributed by atoms with E-state index in [-0.39, 0.29) is 11.7 Å². The first-order valence-electron chi connectivity index (χ1n) is 10.6. The summed E-state index contributed by atoms with van der Waals surface area (Å²) in [5.74, 6) is -0.0328. The molecule has 0 radical (unpaired) electrons. The number of aryl methyl sites for hydroxylation is 1. The van der Waals surface area contributed by atoms with Crippen molar-refractivity contribution in [2.75, 3.05) is 59.0 Å². The van der Waals surface area contributed by atoms with Crippen LogP contribution in [0.25, 0.3) is 5.69 Å². The van der Waals surface area contributed by atoms with Gasteiger partial charge in [0, 0.05) is 57.1 Å². The lowest BCUT2D eigenvalue weighted by Crippen LogP contribution is -2.52. The van der Waals surface area contributed by atoms with Crippen LogP contribution in [0.1, 0.15) is 17.0 Å². The molecule has 2 aliphatic heterocycles. The van der Waals surface area contributed by atoms with Gasteiger partial charge in [-0.2, -0.15) is 5.10 Å². The average molecular weight is 416 g/mol. The smallest absolute Gasteiger partial charge is 0.236 e. The summed E-state index contributed by atoms with van der Waals surface area (Å²) in [7, 11) is 0. The molecule has 162 valence electrons. The first-order chi connectivity index (χ1) is 14.5. The molecule has 0 aliphatic carbocycles. The minimum absolute atomic E-state index is 0.216. The second-order valence-corrected chi connectivity index (χ2v) is 8.08. The molecule has 2 aliphatic rings. The third-order valence-electron chi connectivity index (χ3n) is 6.08. The van der Waals surface area contributed by atoms with Crippen LogP contribution in [0, 0.1) is 19.7 Å². The van der Waals surface area contributed by atoms with E-state index in [1.807, 2.05) is 16.5 Å². The van der Waals surface area contributed by atoms with E-state index >= 15 is 0 Å². The number of rotatable bonds is 5. The van der Waals surface area contributed by atoms with Crippen LogP contribution < -0.4 is 0 Å². The Balaban J connectivity index is 1.34. The lowest BCUT2D eigenvalue weighted by Gasteiger charge is -2.36. The number of carbonyl (C=O) groups is 1. The van der Waals surface area contributed by atoms with Gasteiger partial charge in [-0.15, -0.1) is 0 Å². The zero-order valence-corrected chi connectivity index (χ0v) is 17.8. The summed E-state index contributed by atoms with van der Waals surface area (Å²) in [5.41, 5.74) is 4.13. The van der Waals surface area contributed by atoms with Gasteiger partial charge in [-0.3, -0.25) is 14.6 Å². The van der Waals surface area contributed by atoms with Crippen LogP contribution in [0.4, 0.5) is 4.39 Å². The number of carbonyl (C=O) groups excluding carboxylic acids is 1. The number of aromatic nitrogens is 2. The van der Waals surface area contributed by atoms with Crippen molar-refractivity contribution >= 4 is 5.91 Å². The standard InChI is InChI=1S/C22H30FN5O2/c1-17-21(18(2)28(24-17)20-5-3-19(23)4-6-20)15-25-7-9-27(10-8-25)22(29)16-26-11-13-30-14-12-26/h3-6H,7-16H2,1-2H3. The molecule has 3 heterocycles. The summed E-state index contributed by atoms with van der Waals surface area (Å²) in [6.45, 7) is 11.7. The molecule has 1 aromatic carbocycles. The third-order valence-corrected chi connectivity index (χ3v) is 6.08. The number of hydrogen-bond donors (Lipinski definition) is 0. The number of amides is 1. The maximum Gasteiger partial charge on any atom is 0.236 e. The number of morpholine rings is 1. The topological polar surface area (TPSA) is 53.8 Å². The van der Waals surface area contributed by atoms with Gasteiger partial charge in [0.15, 0.2) is 0 Å². The monoisotopic (exact) mass is 415 g/mol. The molecular formula is C22H30FN5O2. The summed E-state index contributed by atoms with van der Waals surface area (Å²) in [6.07, 6.45) is 0. The lowest BCUT2D eigenvalue weighted by molar-refractivity contribution is -0.135. The average Bonchev–Trinajstić information content (AvgIpc) is 3.04. The molecular weight excluding hydrogens is 385 g/mol. The second kappa shape index (κ2) is 9.24. The lowest BCUT2D eigenvalue weighted by atomic mass is 10.1. The molecule has 4 rings (SSSR count). The molecule has 7 nitrogen and oxygen atoms in total. The van der Waals surface area contributed by atoms with Crippen LogP contribution in [0.3, 0.4) is 0 Å². The Morgan fingerprint density at radius 1 is 1.00 bits per heavy atom. The van der Waals surface area contributed by atoms with E-state index in [4.69, 9.17) is 4.74 Å². The highest BCUT2D eigenvalue weighted by atomic mass is 19.1. The normalized spacial score (nSPS) is 18.7. The van der Waals surface area contributed by atoms with E-state index in [2.05, 4.69) is 21.8 Å². The van der Waals surface area contributed by atoms with E-state index in [0.29, 0.717) is 19.8 Å². The van der Waals surface area contributed by atoms with Crippen LogP contribution in [-0.4, -0.2) is 89.4 Å². The first kappa shape index (κ1) is 21.0. The third kappa shape index (κ3) is 4.71. The second-order valence-electron chi connectivity index (χ2n) is 8.08. The molecule has 1 aromatic heterocycles. The molecule has 0 saturated carbocycles. The number of benzene rings is 1. The van der Waals surface area contributed by atoms with Crippen molar-refractivity contribution in [3.05, 3.63) is 47.0 Å². The predicted octanol–water partition coefficient (Wildman–Crippen LogP) is 1.60. The van der Waals surface area contributed by atoms with Crippen LogP contribution >= 0.6 is 0 Å². The summed E-state index contributed by atoms with van der Waals surface area (Å²) < 4.78 is 20.5. The molecule has 2 aromatic rings. The van der Waals surface area contributed by atoms with Gasteiger partial charge in [0.1, 0.15) is 5.82 Å². The highest BCUT2D eigenvalue weighted by molar-refractivity contribution is 5.78. The quantitative estimate of drug-likeness (QED) is 0.743. The van der Waals surface area contributed by atoms with Gasteiger partial charge in [0.2, 0.25) is 5.91 Å². The van der Waals surface area contributed by atoms with Crippen molar-refractivity contribution in [3.63, 3.8) is 0 Å². The van der Waals surface area contributed by atoms with Crippen molar-refractivity contribution in [1.29, 1.82) is 0 Å². The molecule has 0 N–H and O–H groups in total. The Bertz CT molecular complexity index is 868. The molecule has 2 fully saturated rings. The van der Waals surface area contributed by atoms with Crippen molar-refractivity contribution in [3.8, 4) is 5.69 Å². The summed E-state index contributed by atoms with van der Waals surface area (Å²) >= 11 is 0. The van der Waals surface area contributed by atoms with E-state index in [1.54, 1.807) is 12.1 Å². The van der Waals surface area contributed by atoms with Gasteiger partial charge in [0.25, 0.3) is 0 Å².